The Balaban J connectivity index is 2.05. The number of carbonyl (C=O) groups excluding carboxylic acids is 1. The molecule has 1 unspecified atom stereocenters. The molecule has 17 heavy (non-hydrogen) atoms. The van der Waals surface area contributed by atoms with Crippen LogP contribution in [0.3, 0.4) is 0 Å². The molecule has 1 heterocycles. The Hall–Kier alpha value is -1.81. The molecular weight excluding hydrogens is 214 g/mol. The Labute approximate surface area is 100 Å². The highest BCUT2D eigenvalue weighted by Gasteiger charge is 2.07. The van der Waals surface area contributed by atoms with Crippen molar-refractivity contribution in [3.63, 3.8) is 0 Å². The number of benzene rings is 1. The average molecular weight is 231 g/mol. The molecule has 0 spiro atoms. The number of amides is 1. The number of aromatic nitrogens is 1. The molecule has 0 bridgehead atoms. The van der Waals surface area contributed by atoms with E-state index in [1.807, 2.05) is 44.4 Å². The molecule has 1 atom stereocenters. The predicted molar refractivity (Wildman–Crippen MR) is 70.1 cm³/mol. The molecular formula is C13H17N3O. The smallest absolute Gasteiger partial charge is 0.225 e. The molecule has 0 saturated carbocycles. The van der Waals surface area contributed by atoms with Gasteiger partial charge in [-0.3, -0.25) is 4.79 Å². The Kier molecular flexibility index (Phi) is 3.44. The molecule has 0 aliphatic heterocycles. The van der Waals surface area contributed by atoms with Crippen molar-refractivity contribution in [1.29, 1.82) is 0 Å². The molecule has 4 nitrogen and oxygen atoms in total. The third-order valence-electron chi connectivity index (χ3n) is 2.82. The summed E-state index contributed by atoms with van der Waals surface area (Å²) in [6, 6.07) is 8.01. The zero-order valence-electron chi connectivity index (χ0n) is 10.1. The minimum atomic E-state index is 0.0294. The number of fused-ring (bicyclic) bond motifs is 1. The summed E-state index contributed by atoms with van der Waals surface area (Å²) in [6.45, 7) is 1.98. The van der Waals surface area contributed by atoms with Gasteiger partial charge in [0, 0.05) is 35.2 Å². The first-order valence-electron chi connectivity index (χ1n) is 5.73. The fraction of sp³-hybridized carbons (Fsp3) is 0.308. The number of H-pyrrole nitrogens is 1. The van der Waals surface area contributed by atoms with E-state index in [9.17, 15) is 4.79 Å². The summed E-state index contributed by atoms with van der Waals surface area (Å²) in [5.41, 5.74) is 1.91. The molecule has 2 rings (SSSR count). The number of carbonyl (C=O) groups is 1. The molecule has 1 aromatic heterocycles. The minimum Gasteiger partial charge on any atom is -0.361 e. The summed E-state index contributed by atoms with van der Waals surface area (Å²) in [5, 5.41) is 7.04. The number of hydrogen-bond acceptors (Lipinski definition) is 2. The van der Waals surface area contributed by atoms with Crippen LogP contribution in [0.4, 0.5) is 5.69 Å². The van der Waals surface area contributed by atoms with Crippen LogP contribution in [0.1, 0.15) is 13.3 Å². The van der Waals surface area contributed by atoms with Crippen LogP contribution < -0.4 is 10.6 Å². The van der Waals surface area contributed by atoms with Gasteiger partial charge in [-0.2, -0.15) is 0 Å². The van der Waals surface area contributed by atoms with E-state index in [2.05, 4.69) is 15.6 Å². The lowest BCUT2D eigenvalue weighted by Gasteiger charge is -2.10. The van der Waals surface area contributed by atoms with Gasteiger partial charge in [0.1, 0.15) is 0 Å². The second-order valence-corrected chi connectivity index (χ2v) is 4.22. The molecule has 0 radical (unpaired) electrons. The van der Waals surface area contributed by atoms with Crippen molar-refractivity contribution < 1.29 is 4.79 Å². The monoisotopic (exact) mass is 231 g/mol. The molecule has 90 valence electrons. The summed E-state index contributed by atoms with van der Waals surface area (Å²) in [5.74, 6) is 0.0294. The average Bonchev–Trinajstić information content (AvgIpc) is 2.75. The Morgan fingerprint density at radius 3 is 3.00 bits per heavy atom. The molecule has 0 fully saturated rings. The van der Waals surface area contributed by atoms with Crippen molar-refractivity contribution in [3.05, 3.63) is 30.5 Å². The van der Waals surface area contributed by atoms with Crippen molar-refractivity contribution in [2.75, 3.05) is 12.4 Å². The molecule has 4 heteroatoms. The SMILES string of the molecule is CNC(C)CC(=O)Nc1ccc2[nH]ccc2c1. The Bertz CT molecular complexity index is 518. The first-order valence-corrected chi connectivity index (χ1v) is 5.73. The summed E-state index contributed by atoms with van der Waals surface area (Å²) in [7, 11) is 1.85. The van der Waals surface area contributed by atoms with Crippen LogP contribution in [-0.4, -0.2) is 24.0 Å². The van der Waals surface area contributed by atoms with Crippen LogP contribution in [0.5, 0.6) is 0 Å². The highest BCUT2D eigenvalue weighted by molar-refractivity contribution is 5.94. The molecule has 0 saturated heterocycles. The Morgan fingerprint density at radius 1 is 1.41 bits per heavy atom. The zero-order valence-corrected chi connectivity index (χ0v) is 10.1. The van der Waals surface area contributed by atoms with Crippen molar-refractivity contribution in [3.8, 4) is 0 Å². The minimum absolute atomic E-state index is 0.0294. The van der Waals surface area contributed by atoms with Crippen LogP contribution >= 0.6 is 0 Å². The lowest BCUT2D eigenvalue weighted by Crippen LogP contribution is -2.27. The fourth-order valence-electron chi connectivity index (χ4n) is 1.72. The van der Waals surface area contributed by atoms with E-state index in [1.54, 1.807) is 0 Å². The number of hydrogen-bond donors (Lipinski definition) is 3. The lowest BCUT2D eigenvalue weighted by molar-refractivity contribution is -0.116. The summed E-state index contributed by atoms with van der Waals surface area (Å²) in [6.07, 6.45) is 2.36. The van der Waals surface area contributed by atoms with E-state index in [1.165, 1.54) is 0 Å². The highest BCUT2D eigenvalue weighted by atomic mass is 16.1. The summed E-state index contributed by atoms with van der Waals surface area (Å²) in [4.78, 5) is 14.8. The number of nitrogens with one attached hydrogen (secondary N) is 3. The second kappa shape index (κ2) is 5.01. The van der Waals surface area contributed by atoms with Gasteiger partial charge in [0.2, 0.25) is 5.91 Å². The van der Waals surface area contributed by atoms with E-state index in [0.29, 0.717) is 6.42 Å². The normalized spacial score (nSPS) is 12.6. The molecule has 0 aliphatic rings. The number of aromatic amines is 1. The maximum absolute atomic E-state index is 11.7. The van der Waals surface area contributed by atoms with Crippen molar-refractivity contribution >= 4 is 22.5 Å². The largest absolute Gasteiger partial charge is 0.361 e. The van der Waals surface area contributed by atoms with Crippen LogP contribution in [0, 0.1) is 0 Å². The van der Waals surface area contributed by atoms with Crippen LogP contribution in [-0.2, 0) is 4.79 Å². The van der Waals surface area contributed by atoms with Gasteiger partial charge in [0.05, 0.1) is 0 Å². The van der Waals surface area contributed by atoms with Crippen molar-refractivity contribution in [2.45, 2.75) is 19.4 Å². The maximum atomic E-state index is 11.7. The first-order chi connectivity index (χ1) is 8.19. The molecule has 0 aliphatic carbocycles. The summed E-state index contributed by atoms with van der Waals surface area (Å²) < 4.78 is 0. The van der Waals surface area contributed by atoms with Crippen LogP contribution in [0.15, 0.2) is 30.5 Å². The maximum Gasteiger partial charge on any atom is 0.225 e. The van der Waals surface area contributed by atoms with Crippen molar-refractivity contribution in [1.82, 2.24) is 10.3 Å². The van der Waals surface area contributed by atoms with Gasteiger partial charge in [-0.25, -0.2) is 0 Å². The second-order valence-electron chi connectivity index (χ2n) is 4.22. The first kappa shape index (κ1) is 11.7. The van der Waals surface area contributed by atoms with Gasteiger partial charge in [-0.1, -0.05) is 0 Å². The van der Waals surface area contributed by atoms with E-state index < -0.39 is 0 Å². The van der Waals surface area contributed by atoms with Crippen LogP contribution in [0.2, 0.25) is 0 Å². The van der Waals surface area contributed by atoms with Gasteiger partial charge in [-0.15, -0.1) is 0 Å². The van der Waals surface area contributed by atoms with Gasteiger partial charge < -0.3 is 15.6 Å². The summed E-state index contributed by atoms with van der Waals surface area (Å²) >= 11 is 0. The van der Waals surface area contributed by atoms with E-state index in [-0.39, 0.29) is 11.9 Å². The third-order valence-corrected chi connectivity index (χ3v) is 2.82. The van der Waals surface area contributed by atoms with E-state index >= 15 is 0 Å². The molecule has 1 aromatic carbocycles. The molecule has 3 N–H and O–H groups in total. The Morgan fingerprint density at radius 2 is 2.24 bits per heavy atom. The molecule has 1 amide bonds. The van der Waals surface area contributed by atoms with E-state index in [0.717, 1.165) is 16.6 Å². The highest BCUT2D eigenvalue weighted by Crippen LogP contribution is 2.17. The van der Waals surface area contributed by atoms with Crippen LogP contribution in [0.25, 0.3) is 10.9 Å². The van der Waals surface area contributed by atoms with Gasteiger partial charge in [0.25, 0.3) is 0 Å². The zero-order chi connectivity index (χ0) is 12.3. The van der Waals surface area contributed by atoms with E-state index in [4.69, 9.17) is 0 Å². The van der Waals surface area contributed by atoms with Gasteiger partial charge in [-0.05, 0) is 38.2 Å². The van der Waals surface area contributed by atoms with Crippen molar-refractivity contribution in [2.24, 2.45) is 0 Å². The fourth-order valence-corrected chi connectivity index (χ4v) is 1.72. The predicted octanol–water partition coefficient (Wildman–Crippen LogP) is 2.10. The topological polar surface area (TPSA) is 56.9 Å². The number of anilines is 1. The standard InChI is InChI=1S/C13H17N3O/c1-9(14-2)7-13(17)16-11-3-4-12-10(8-11)5-6-15-12/h3-6,8-9,14-15H,7H2,1-2H3,(H,16,17). The van der Waals surface area contributed by atoms with Gasteiger partial charge >= 0.3 is 0 Å². The third kappa shape index (κ3) is 2.85. The number of rotatable bonds is 4. The quantitative estimate of drug-likeness (QED) is 0.754. The lowest BCUT2D eigenvalue weighted by atomic mass is 10.2. The van der Waals surface area contributed by atoms with Gasteiger partial charge in [0.15, 0.2) is 0 Å². The molecule has 2 aromatic rings.